The SMILES string of the molecule is Nc1ncnc2c1ncn2[C@@]1(F)CO[C@H](COP(=O)(O)O[C@@H]2[C@H](O)[C@@H](COP(=O)(O)O)O[C@H]2n2cnc3c2-n2ccnc2NC3O)C1. The lowest BCUT2D eigenvalue weighted by Gasteiger charge is -2.27. The van der Waals surface area contributed by atoms with Crippen molar-refractivity contribution < 1.29 is 61.5 Å². The van der Waals surface area contributed by atoms with Gasteiger partial charge in [0.05, 0.1) is 32.0 Å². The van der Waals surface area contributed by atoms with Crippen molar-refractivity contribution >= 4 is 38.6 Å². The van der Waals surface area contributed by atoms with E-state index in [9.17, 15) is 34.0 Å². The van der Waals surface area contributed by atoms with E-state index in [0.29, 0.717) is 0 Å². The minimum atomic E-state index is -5.10. The van der Waals surface area contributed by atoms with E-state index in [0.717, 1.165) is 10.9 Å². The molecule has 0 spiro atoms. The van der Waals surface area contributed by atoms with Crippen LogP contribution in [0, 0.1) is 0 Å². The quantitative estimate of drug-likeness (QED) is 0.0993. The van der Waals surface area contributed by atoms with Crippen LogP contribution in [0.5, 0.6) is 0 Å². The van der Waals surface area contributed by atoms with Gasteiger partial charge in [0.15, 0.2) is 23.9 Å². The maximum Gasteiger partial charge on any atom is 0.472 e. The highest BCUT2D eigenvalue weighted by atomic mass is 31.2. The Morgan fingerprint density at radius 3 is 2.70 bits per heavy atom. The molecule has 0 radical (unpaired) electrons. The first-order valence-corrected chi connectivity index (χ1v) is 16.7. The fourth-order valence-electron chi connectivity index (χ4n) is 5.63. The van der Waals surface area contributed by atoms with Crippen LogP contribution in [-0.4, -0.2) is 108 Å². The van der Waals surface area contributed by atoms with Gasteiger partial charge in [-0.25, -0.2) is 38.4 Å². The number of fused-ring (bicyclic) bond motifs is 4. The number of aliphatic hydroxyl groups is 2. The molecule has 3 aliphatic heterocycles. The van der Waals surface area contributed by atoms with Crippen molar-refractivity contribution in [3.63, 3.8) is 0 Å². The van der Waals surface area contributed by atoms with Crippen LogP contribution in [0.25, 0.3) is 17.0 Å². The number of anilines is 2. The zero-order chi connectivity index (χ0) is 33.3. The molecular weight excluding hydrogens is 677 g/mol. The normalized spacial score (nSPS) is 30.3. The third kappa shape index (κ3) is 5.94. The van der Waals surface area contributed by atoms with Gasteiger partial charge in [0, 0.05) is 18.8 Å². The summed E-state index contributed by atoms with van der Waals surface area (Å²) in [6, 6.07) is 0. The van der Waals surface area contributed by atoms with Crippen LogP contribution in [-0.2, 0) is 38.0 Å². The predicted molar refractivity (Wildman–Crippen MR) is 150 cm³/mol. The minimum absolute atomic E-state index is 0.0518. The number of nitrogens with one attached hydrogen (secondary N) is 1. The second-order valence-electron chi connectivity index (χ2n) is 10.8. The average molecular weight is 704 g/mol. The van der Waals surface area contributed by atoms with Crippen LogP contribution in [0.2, 0.25) is 0 Å². The lowest BCUT2D eigenvalue weighted by atomic mass is 10.1. The van der Waals surface area contributed by atoms with Crippen molar-refractivity contribution in [1.82, 2.24) is 38.6 Å². The number of nitrogens with zero attached hydrogens (tertiary/aromatic N) is 8. The number of alkyl halides is 1. The molecule has 2 unspecified atom stereocenters. The van der Waals surface area contributed by atoms with Gasteiger partial charge in [0.2, 0.25) is 11.7 Å². The third-order valence-electron chi connectivity index (χ3n) is 7.74. The largest absolute Gasteiger partial charge is 0.472 e. The molecule has 3 aliphatic rings. The fourth-order valence-corrected chi connectivity index (χ4v) is 6.92. The number of aromatic nitrogens is 8. The van der Waals surface area contributed by atoms with Crippen LogP contribution in [0.3, 0.4) is 0 Å². The van der Waals surface area contributed by atoms with Crippen molar-refractivity contribution in [2.75, 3.05) is 30.9 Å². The number of hydrogen-bond acceptors (Lipinski definition) is 16. The van der Waals surface area contributed by atoms with E-state index in [1.165, 1.54) is 34.2 Å². The lowest BCUT2D eigenvalue weighted by molar-refractivity contribution is -0.0532. The standard InChI is InChI=1S/C22H27FN10O12P2/c23-22(33-9-29-12-16(24)26-7-27-17(12)33)3-10(41-6-22)4-43-47(39,40)45-15-14(34)11(5-42-46(36,37)38)44-20(15)32-8-28-13-18(35)30-21-25-1-2-31(21)19(13)32/h1-2,7-11,14-15,18,20,34-35H,3-6H2,(H,25,30)(H,39,40)(H2,24,26,27)(H2,36,37,38)/t10-,11+,14+,15+,18?,20+,22+/m0/s1. The van der Waals surface area contributed by atoms with Crippen molar-refractivity contribution in [3.8, 4) is 5.82 Å². The van der Waals surface area contributed by atoms with E-state index in [-0.39, 0.29) is 40.9 Å². The summed E-state index contributed by atoms with van der Waals surface area (Å²) in [4.78, 5) is 49.2. The van der Waals surface area contributed by atoms with E-state index in [4.69, 9.17) is 24.3 Å². The van der Waals surface area contributed by atoms with Crippen LogP contribution in [0.15, 0.2) is 31.4 Å². The van der Waals surface area contributed by atoms with Gasteiger partial charge in [-0.3, -0.25) is 27.3 Å². The minimum Gasteiger partial charge on any atom is -0.387 e. The van der Waals surface area contributed by atoms with Gasteiger partial charge in [-0.05, 0) is 0 Å². The summed E-state index contributed by atoms with van der Waals surface area (Å²) in [5, 5.41) is 24.3. The summed E-state index contributed by atoms with van der Waals surface area (Å²) in [5.74, 6) is -1.73. The Kier molecular flexibility index (Phi) is 7.94. The molecule has 0 amide bonds. The summed E-state index contributed by atoms with van der Waals surface area (Å²) >= 11 is 0. The molecule has 22 nitrogen and oxygen atoms in total. The number of aliphatic hydroxyl groups excluding tert-OH is 2. The highest BCUT2D eigenvalue weighted by molar-refractivity contribution is 7.47. The Morgan fingerprint density at radius 1 is 1.11 bits per heavy atom. The third-order valence-corrected chi connectivity index (χ3v) is 9.21. The molecule has 25 heteroatoms. The van der Waals surface area contributed by atoms with Crippen LogP contribution in [0.1, 0.15) is 24.6 Å². The molecule has 7 heterocycles. The predicted octanol–water partition coefficient (Wildman–Crippen LogP) is -0.812. The number of halogens is 1. The molecule has 47 heavy (non-hydrogen) atoms. The molecule has 0 aliphatic carbocycles. The first kappa shape index (κ1) is 32.1. The Morgan fingerprint density at radius 2 is 1.91 bits per heavy atom. The molecular formula is C22H27FN10O12P2. The Bertz CT molecular complexity index is 1900. The smallest absolute Gasteiger partial charge is 0.387 e. The molecule has 8 atom stereocenters. The molecule has 7 rings (SSSR count). The molecule has 2 saturated heterocycles. The first-order chi connectivity index (χ1) is 22.2. The summed E-state index contributed by atoms with van der Waals surface area (Å²) in [5.41, 5.74) is 6.18. The zero-order valence-electron chi connectivity index (χ0n) is 23.7. The molecule has 0 aromatic carbocycles. The topological polar surface area (TPSA) is 299 Å². The lowest BCUT2D eigenvalue weighted by Crippen LogP contribution is -2.36. The summed E-state index contributed by atoms with van der Waals surface area (Å²) < 4.78 is 70.7. The van der Waals surface area contributed by atoms with E-state index in [1.807, 2.05) is 0 Å². The number of phosphoric acid groups is 2. The maximum atomic E-state index is 16.0. The molecule has 4 aromatic rings. The van der Waals surface area contributed by atoms with Crippen molar-refractivity contribution in [2.24, 2.45) is 0 Å². The fraction of sp³-hybridized carbons (Fsp3) is 0.500. The van der Waals surface area contributed by atoms with Crippen molar-refractivity contribution in [1.29, 1.82) is 0 Å². The van der Waals surface area contributed by atoms with Crippen LogP contribution in [0.4, 0.5) is 16.2 Å². The number of nitrogens with two attached hydrogens (primary N) is 1. The van der Waals surface area contributed by atoms with E-state index < -0.39 is 78.1 Å². The van der Waals surface area contributed by atoms with Crippen molar-refractivity contribution in [2.45, 2.75) is 49.1 Å². The Balaban J connectivity index is 1.09. The monoisotopic (exact) mass is 704 g/mol. The Labute approximate surface area is 261 Å². The second-order valence-corrected chi connectivity index (χ2v) is 13.5. The highest BCUT2D eigenvalue weighted by Gasteiger charge is 2.51. The second kappa shape index (κ2) is 11.6. The molecule has 0 saturated carbocycles. The number of ether oxygens (including phenoxy) is 2. The number of hydrogen-bond donors (Lipinski definition) is 7. The van der Waals surface area contributed by atoms with Crippen molar-refractivity contribution in [3.05, 3.63) is 37.1 Å². The average Bonchev–Trinajstić information content (AvgIpc) is 3.82. The number of nitrogen functional groups attached to an aromatic ring is 1. The molecule has 4 aromatic heterocycles. The van der Waals surface area contributed by atoms with Gasteiger partial charge < -0.3 is 45.4 Å². The van der Waals surface area contributed by atoms with Gasteiger partial charge in [-0.1, -0.05) is 0 Å². The maximum absolute atomic E-state index is 16.0. The van der Waals surface area contributed by atoms with Crippen LogP contribution < -0.4 is 11.1 Å². The molecule has 254 valence electrons. The summed E-state index contributed by atoms with van der Waals surface area (Å²) in [7, 11) is -10.1. The van der Waals surface area contributed by atoms with Crippen LogP contribution >= 0.6 is 15.6 Å². The summed E-state index contributed by atoms with van der Waals surface area (Å²) in [6.45, 7) is -1.95. The van der Waals surface area contributed by atoms with Gasteiger partial charge in [0.25, 0.3) is 0 Å². The van der Waals surface area contributed by atoms with Gasteiger partial charge in [-0.2, -0.15) is 0 Å². The van der Waals surface area contributed by atoms with E-state index >= 15 is 4.39 Å². The van der Waals surface area contributed by atoms with Gasteiger partial charge in [-0.15, -0.1) is 0 Å². The molecule has 8 N–H and O–H groups in total. The zero-order valence-corrected chi connectivity index (χ0v) is 25.5. The first-order valence-electron chi connectivity index (χ1n) is 13.7. The number of phosphoric ester groups is 2. The van der Waals surface area contributed by atoms with Gasteiger partial charge >= 0.3 is 15.6 Å². The molecule has 2 fully saturated rings. The van der Waals surface area contributed by atoms with E-state index in [2.05, 4.69) is 34.8 Å². The molecule has 0 bridgehead atoms. The van der Waals surface area contributed by atoms with E-state index in [1.54, 1.807) is 0 Å². The summed E-state index contributed by atoms with van der Waals surface area (Å²) in [6.07, 6.45) is -2.75. The number of imidazole rings is 3. The van der Waals surface area contributed by atoms with Gasteiger partial charge in [0.1, 0.15) is 48.3 Å². The number of rotatable bonds is 10. The Hall–Kier alpha value is -3.44. The highest BCUT2D eigenvalue weighted by Crippen LogP contribution is 2.51.